The predicted molar refractivity (Wildman–Crippen MR) is 89.9 cm³/mol. The number of halogens is 1. The van der Waals surface area contributed by atoms with Crippen molar-refractivity contribution in [1.82, 2.24) is 25.6 Å². The molecule has 3 amide bonds. The van der Waals surface area contributed by atoms with E-state index in [1.165, 1.54) is 11.2 Å². The Balaban J connectivity index is 0.00000242. The van der Waals surface area contributed by atoms with Gasteiger partial charge in [0.15, 0.2) is 5.96 Å². The second kappa shape index (κ2) is 8.56. The Morgan fingerprint density at radius 2 is 2.36 bits per heavy atom. The fourth-order valence-corrected chi connectivity index (χ4v) is 1.98. The molecule has 0 aromatic carbocycles. The first-order valence-electron chi connectivity index (χ1n) is 6.51. The van der Waals surface area contributed by atoms with Gasteiger partial charge in [-0.05, 0) is 0 Å². The highest BCUT2D eigenvalue weighted by Crippen LogP contribution is 2.00. The number of imide groups is 1. The van der Waals surface area contributed by atoms with E-state index in [1.807, 2.05) is 11.9 Å². The number of amides is 3. The van der Waals surface area contributed by atoms with Crippen molar-refractivity contribution in [3.05, 3.63) is 18.0 Å². The van der Waals surface area contributed by atoms with Gasteiger partial charge in [0, 0.05) is 33.3 Å². The molecular formula is C12H19IN6O3. The second-order valence-corrected chi connectivity index (χ2v) is 4.52. The van der Waals surface area contributed by atoms with Crippen LogP contribution in [0.25, 0.3) is 0 Å². The molecule has 1 saturated heterocycles. The van der Waals surface area contributed by atoms with E-state index in [4.69, 9.17) is 4.52 Å². The van der Waals surface area contributed by atoms with Gasteiger partial charge < -0.3 is 20.1 Å². The molecule has 0 radical (unpaired) electrons. The van der Waals surface area contributed by atoms with Gasteiger partial charge in [0.05, 0.1) is 13.1 Å². The number of nitrogens with zero attached hydrogens (tertiary/aromatic N) is 4. The normalized spacial score (nSPS) is 14.6. The Morgan fingerprint density at radius 3 is 2.91 bits per heavy atom. The van der Waals surface area contributed by atoms with Crippen LogP contribution in [0.3, 0.4) is 0 Å². The van der Waals surface area contributed by atoms with Crippen LogP contribution in [0.4, 0.5) is 4.79 Å². The number of aliphatic imine (C=N–C) groups is 1. The largest absolute Gasteiger partial charge is 0.364 e. The van der Waals surface area contributed by atoms with E-state index in [0.717, 1.165) is 5.69 Å². The highest BCUT2D eigenvalue weighted by Gasteiger charge is 2.27. The third kappa shape index (κ3) is 4.58. The number of carbonyl (C=O) groups is 2. The highest BCUT2D eigenvalue weighted by atomic mass is 127. The summed E-state index contributed by atoms with van der Waals surface area (Å²) in [5.41, 5.74) is 0.787. The van der Waals surface area contributed by atoms with Crippen molar-refractivity contribution >= 4 is 41.9 Å². The van der Waals surface area contributed by atoms with Crippen LogP contribution >= 0.6 is 24.0 Å². The van der Waals surface area contributed by atoms with Crippen LogP contribution in [0.2, 0.25) is 0 Å². The Kier molecular flexibility index (Phi) is 7.08. The average molecular weight is 422 g/mol. The minimum atomic E-state index is -0.354. The lowest BCUT2D eigenvalue weighted by atomic mass is 10.4. The first kappa shape index (κ1) is 18.2. The molecule has 0 aliphatic carbocycles. The topological polar surface area (TPSA) is 103 Å². The lowest BCUT2D eigenvalue weighted by molar-refractivity contribution is -0.124. The van der Waals surface area contributed by atoms with Crippen molar-refractivity contribution in [2.75, 3.05) is 33.7 Å². The number of hydrogen-bond acceptors (Lipinski definition) is 5. The number of urea groups is 1. The van der Waals surface area contributed by atoms with Gasteiger partial charge >= 0.3 is 6.03 Å². The molecule has 0 spiro atoms. The van der Waals surface area contributed by atoms with Crippen molar-refractivity contribution in [2.45, 2.75) is 6.54 Å². The first-order valence-corrected chi connectivity index (χ1v) is 6.51. The van der Waals surface area contributed by atoms with Gasteiger partial charge in [-0.3, -0.25) is 14.7 Å². The van der Waals surface area contributed by atoms with Gasteiger partial charge in [0.2, 0.25) is 5.91 Å². The molecule has 10 heteroatoms. The molecular weight excluding hydrogens is 403 g/mol. The second-order valence-electron chi connectivity index (χ2n) is 4.52. The van der Waals surface area contributed by atoms with Crippen LogP contribution in [0.1, 0.15) is 5.69 Å². The van der Waals surface area contributed by atoms with Crippen LogP contribution < -0.4 is 10.6 Å². The van der Waals surface area contributed by atoms with Crippen LogP contribution in [0, 0.1) is 0 Å². The minimum absolute atomic E-state index is 0. The molecule has 1 aromatic rings. The summed E-state index contributed by atoms with van der Waals surface area (Å²) in [5, 5.41) is 9.40. The molecule has 1 aromatic heterocycles. The van der Waals surface area contributed by atoms with Crippen molar-refractivity contribution < 1.29 is 14.1 Å². The molecule has 0 saturated carbocycles. The quantitative estimate of drug-likeness (QED) is 0.296. The Bertz CT molecular complexity index is 517. The summed E-state index contributed by atoms with van der Waals surface area (Å²) >= 11 is 0. The van der Waals surface area contributed by atoms with Crippen LogP contribution in [0.5, 0.6) is 0 Å². The summed E-state index contributed by atoms with van der Waals surface area (Å²) in [5.74, 6) is 0.429. The van der Waals surface area contributed by atoms with Crippen molar-refractivity contribution in [3.63, 3.8) is 0 Å². The van der Waals surface area contributed by atoms with E-state index in [-0.39, 0.29) is 42.5 Å². The molecule has 0 unspecified atom stereocenters. The lowest BCUT2D eigenvalue weighted by Gasteiger charge is -2.22. The molecule has 1 fully saturated rings. The molecule has 2 rings (SSSR count). The third-order valence-corrected chi connectivity index (χ3v) is 3.02. The minimum Gasteiger partial charge on any atom is -0.364 e. The van der Waals surface area contributed by atoms with Gasteiger partial charge in [-0.25, -0.2) is 4.79 Å². The molecule has 1 aliphatic heterocycles. The maximum atomic E-state index is 11.4. The summed E-state index contributed by atoms with van der Waals surface area (Å²) in [6.45, 7) is 1.33. The SMILES string of the molecule is CN=C(NCCN1C(=O)CNC1=O)N(C)Cc1ccon1.I. The monoisotopic (exact) mass is 422 g/mol. The molecule has 2 heterocycles. The van der Waals surface area contributed by atoms with Gasteiger partial charge in [-0.2, -0.15) is 0 Å². The maximum absolute atomic E-state index is 11.4. The van der Waals surface area contributed by atoms with E-state index >= 15 is 0 Å². The van der Waals surface area contributed by atoms with E-state index in [2.05, 4.69) is 20.8 Å². The van der Waals surface area contributed by atoms with Gasteiger partial charge in [0.1, 0.15) is 12.0 Å². The van der Waals surface area contributed by atoms with E-state index in [0.29, 0.717) is 25.6 Å². The van der Waals surface area contributed by atoms with Gasteiger partial charge in [-0.1, -0.05) is 5.16 Å². The van der Waals surface area contributed by atoms with E-state index in [9.17, 15) is 9.59 Å². The molecule has 0 bridgehead atoms. The summed E-state index contributed by atoms with van der Waals surface area (Å²) in [6, 6.07) is 1.42. The Morgan fingerprint density at radius 1 is 1.59 bits per heavy atom. The molecule has 9 nitrogen and oxygen atoms in total. The van der Waals surface area contributed by atoms with Crippen LogP contribution in [-0.2, 0) is 11.3 Å². The average Bonchev–Trinajstić information content (AvgIpc) is 3.07. The number of carbonyl (C=O) groups excluding carboxylic acids is 2. The third-order valence-electron chi connectivity index (χ3n) is 3.02. The zero-order valence-corrected chi connectivity index (χ0v) is 14.7. The summed E-state index contributed by atoms with van der Waals surface area (Å²) in [7, 11) is 3.52. The summed E-state index contributed by atoms with van der Waals surface area (Å²) in [4.78, 5) is 30.0. The number of rotatable bonds is 5. The number of guanidine groups is 1. The fraction of sp³-hybridized carbons (Fsp3) is 0.500. The smallest absolute Gasteiger partial charge is 0.324 e. The standard InChI is InChI=1S/C12H18N6O3.HI/c1-13-11(17(2)8-9-3-6-21-16-9)14-4-5-18-10(19)7-15-12(18)20;/h3,6H,4-5,7-8H2,1-2H3,(H,13,14)(H,15,20);1H. The number of aromatic nitrogens is 1. The number of hydrogen-bond donors (Lipinski definition) is 2. The van der Waals surface area contributed by atoms with E-state index in [1.54, 1.807) is 13.1 Å². The number of nitrogens with one attached hydrogen (secondary N) is 2. The zero-order valence-electron chi connectivity index (χ0n) is 12.4. The molecule has 1 aliphatic rings. The maximum Gasteiger partial charge on any atom is 0.324 e. The molecule has 0 atom stereocenters. The van der Waals surface area contributed by atoms with E-state index < -0.39 is 0 Å². The van der Waals surface area contributed by atoms with Gasteiger partial charge in [-0.15, -0.1) is 24.0 Å². The van der Waals surface area contributed by atoms with Crippen molar-refractivity contribution in [1.29, 1.82) is 0 Å². The van der Waals surface area contributed by atoms with Crippen molar-refractivity contribution in [3.8, 4) is 0 Å². The predicted octanol–water partition coefficient (Wildman–Crippen LogP) is -0.148. The highest BCUT2D eigenvalue weighted by molar-refractivity contribution is 14.0. The first-order chi connectivity index (χ1) is 10.1. The molecule has 122 valence electrons. The fourth-order valence-electron chi connectivity index (χ4n) is 1.98. The summed E-state index contributed by atoms with van der Waals surface area (Å²) < 4.78 is 4.78. The molecule has 2 N–H and O–H groups in total. The Hall–Kier alpha value is -1.85. The molecule has 22 heavy (non-hydrogen) atoms. The van der Waals surface area contributed by atoms with Crippen molar-refractivity contribution in [2.24, 2.45) is 4.99 Å². The zero-order chi connectivity index (χ0) is 15.2. The van der Waals surface area contributed by atoms with Gasteiger partial charge in [0.25, 0.3) is 0 Å². The van der Waals surface area contributed by atoms with Crippen LogP contribution in [0.15, 0.2) is 21.8 Å². The van der Waals surface area contributed by atoms with Crippen LogP contribution in [-0.4, -0.2) is 66.6 Å². The summed E-state index contributed by atoms with van der Waals surface area (Å²) in [6.07, 6.45) is 1.51. The lowest BCUT2D eigenvalue weighted by Crippen LogP contribution is -2.43. The Labute approximate surface area is 145 Å².